The summed E-state index contributed by atoms with van der Waals surface area (Å²) in [7, 11) is 3.28. The Morgan fingerprint density at radius 3 is 2.20 bits per heavy atom. The van der Waals surface area contributed by atoms with Crippen LogP contribution in [0.25, 0.3) is 11.0 Å². The van der Waals surface area contributed by atoms with E-state index in [2.05, 4.69) is 36.6 Å². The third-order valence-electron chi connectivity index (χ3n) is 5.49. The first-order chi connectivity index (χ1) is 19.3. The summed E-state index contributed by atoms with van der Waals surface area (Å²) in [5, 5.41) is 6.99. The van der Waals surface area contributed by atoms with Crippen LogP contribution in [0.3, 0.4) is 0 Å². The molecule has 4 rings (SSSR count). The Morgan fingerprint density at radius 2 is 1.70 bits per heavy atom. The number of anilines is 1. The molecule has 0 saturated heterocycles. The number of hydrogen-bond donors (Lipinski definition) is 3. The van der Waals surface area contributed by atoms with E-state index >= 15 is 0 Å². The van der Waals surface area contributed by atoms with Crippen LogP contribution in [-0.4, -0.2) is 32.9 Å². The fourth-order valence-electron chi connectivity index (χ4n) is 3.35. The number of methoxy groups -OCH3 is 1. The maximum atomic E-state index is 11.2. The van der Waals surface area contributed by atoms with Gasteiger partial charge in [0, 0.05) is 30.6 Å². The van der Waals surface area contributed by atoms with Gasteiger partial charge in [-0.1, -0.05) is 73.2 Å². The van der Waals surface area contributed by atoms with Crippen molar-refractivity contribution in [3.05, 3.63) is 107 Å². The molecule has 1 amide bonds. The standard InChI is InChI=1S/C11H12N2O3.C11H15NO.C7H8.C4H8/c1-13-9-7-4-3-6(15-2)5-8(7)16-10(9)11(12)14;1-2-6-12-8-10-4-3-5-11(7-10)9-13;1-7-5-3-2-4-6-7;1-3-4-2/h3-5,13H,1-2H3,(H2,12,14);3-5,7,9,12H,2,6,8H2,1H3;2-6H,1H3;3-4H,1-2H3/b;;;4-3+. The second-order valence-corrected chi connectivity index (χ2v) is 8.64. The number of rotatable bonds is 8. The first kappa shape index (κ1) is 33.7. The van der Waals surface area contributed by atoms with Crippen LogP contribution >= 0.6 is 0 Å². The van der Waals surface area contributed by atoms with Crippen LogP contribution in [0.4, 0.5) is 5.69 Å². The monoisotopic (exact) mass is 545 g/mol. The SMILES string of the molecule is C/C=C/C.CCCNCc1cccc(C=O)c1.CNc1c(C(N)=O)oc2cc(OC)ccc12.Cc1ccccc1. The Kier molecular flexibility index (Phi) is 16.6. The van der Waals surface area contributed by atoms with Crippen molar-refractivity contribution in [3.8, 4) is 5.75 Å². The quantitative estimate of drug-likeness (QED) is 0.123. The summed E-state index contributed by atoms with van der Waals surface area (Å²) in [6, 6.07) is 23.2. The largest absolute Gasteiger partial charge is 0.497 e. The highest BCUT2D eigenvalue weighted by atomic mass is 16.5. The van der Waals surface area contributed by atoms with E-state index < -0.39 is 5.91 Å². The van der Waals surface area contributed by atoms with Crippen molar-refractivity contribution >= 4 is 28.8 Å². The highest BCUT2D eigenvalue weighted by molar-refractivity contribution is 6.05. The predicted octanol–water partition coefficient (Wildman–Crippen LogP) is 7.16. The average molecular weight is 546 g/mol. The molecule has 0 atom stereocenters. The molecule has 214 valence electrons. The fraction of sp³-hybridized carbons (Fsp3) is 0.273. The summed E-state index contributed by atoms with van der Waals surface area (Å²) >= 11 is 0. The highest BCUT2D eigenvalue weighted by Gasteiger charge is 2.17. The third-order valence-corrected chi connectivity index (χ3v) is 5.49. The van der Waals surface area contributed by atoms with Gasteiger partial charge >= 0.3 is 0 Å². The molecule has 1 aromatic heterocycles. The minimum Gasteiger partial charge on any atom is -0.497 e. The number of nitrogens with two attached hydrogens (primary N) is 1. The molecule has 40 heavy (non-hydrogen) atoms. The summed E-state index contributed by atoms with van der Waals surface area (Å²) in [6.45, 7) is 10.1. The van der Waals surface area contributed by atoms with Crippen LogP contribution in [0.2, 0.25) is 0 Å². The Labute approximate surface area is 238 Å². The van der Waals surface area contributed by atoms with E-state index in [0.717, 1.165) is 42.3 Å². The summed E-state index contributed by atoms with van der Waals surface area (Å²) in [6.07, 6.45) is 6.01. The van der Waals surface area contributed by atoms with Crippen molar-refractivity contribution in [1.29, 1.82) is 0 Å². The van der Waals surface area contributed by atoms with Crippen LogP contribution in [-0.2, 0) is 6.54 Å². The number of aldehydes is 1. The van der Waals surface area contributed by atoms with E-state index in [-0.39, 0.29) is 5.76 Å². The molecule has 7 heteroatoms. The lowest BCUT2D eigenvalue weighted by molar-refractivity contribution is 0.0976. The number of primary amides is 1. The average Bonchev–Trinajstić information content (AvgIpc) is 3.37. The van der Waals surface area contributed by atoms with Gasteiger partial charge < -0.3 is 25.5 Å². The van der Waals surface area contributed by atoms with Gasteiger partial charge in [-0.2, -0.15) is 0 Å². The number of aryl methyl sites for hydroxylation is 1. The van der Waals surface area contributed by atoms with E-state index in [1.165, 1.54) is 5.56 Å². The van der Waals surface area contributed by atoms with Crippen molar-refractivity contribution in [2.75, 3.05) is 26.0 Å². The van der Waals surface area contributed by atoms with Gasteiger partial charge in [-0.15, -0.1) is 0 Å². The lowest BCUT2D eigenvalue weighted by atomic mass is 10.1. The van der Waals surface area contributed by atoms with Crippen molar-refractivity contribution in [1.82, 2.24) is 5.32 Å². The Hall–Kier alpha value is -4.36. The number of amides is 1. The summed E-state index contributed by atoms with van der Waals surface area (Å²) in [4.78, 5) is 21.6. The number of hydrogen-bond acceptors (Lipinski definition) is 6. The number of nitrogens with one attached hydrogen (secondary N) is 2. The van der Waals surface area contributed by atoms with Crippen LogP contribution in [0, 0.1) is 6.92 Å². The molecule has 0 spiro atoms. The normalized spacial score (nSPS) is 9.85. The molecule has 0 unspecified atom stereocenters. The molecule has 3 aromatic carbocycles. The summed E-state index contributed by atoms with van der Waals surface area (Å²) < 4.78 is 10.4. The van der Waals surface area contributed by atoms with Crippen LogP contribution in [0.1, 0.15) is 59.2 Å². The number of furan rings is 1. The molecule has 0 bridgehead atoms. The molecule has 7 nitrogen and oxygen atoms in total. The van der Waals surface area contributed by atoms with Gasteiger partial charge in [0.2, 0.25) is 5.76 Å². The number of carbonyl (C=O) groups is 2. The predicted molar refractivity (Wildman–Crippen MR) is 166 cm³/mol. The maximum Gasteiger partial charge on any atom is 0.286 e. The zero-order valence-corrected chi connectivity index (χ0v) is 24.5. The number of ether oxygens (including phenoxy) is 1. The minimum atomic E-state index is -0.598. The van der Waals surface area contributed by atoms with Gasteiger partial charge in [-0.25, -0.2) is 0 Å². The van der Waals surface area contributed by atoms with Gasteiger partial charge in [0.15, 0.2) is 0 Å². The zero-order chi connectivity index (χ0) is 29.8. The van der Waals surface area contributed by atoms with E-state index in [1.807, 2.05) is 74.5 Å². The number of carbonyl (C=O) groups excluding carboxylic acids is 2. The molecule has 4 N–H and O–H groups in total. The van der Waals surface area contributed by atoms with Crippen molar-refractivity contribution in [2.45, 2.75) is 40.7 Å². The van der Waals surface area contributed by atoms with Crippen molar-refractivity contribution < 1.29 is 18.7 Å². The molecule has 0 aliphatic rings. The number of benzene rings is 3. The fourth-order valence-corrected chi connectivity index (χ4v) is 3.35. The molecule has 0 fully saturated rings. The first-order valence-corrected chi connectivity index (χ1v) is 13.3. The molecular formula is C33H43N3O4. The Morgan fingerprint density at radius 1 is 1.00 bits per heavy atom. The number of allylic oxidation sites excluding steroid dienone is 2. The van der Waals surface area contributed by atoms with Gasteiger partial charge in [-0.05, 0) is 57.5 Å². The molecule has 0 saturated carbocycles. The van der Waals surface area contributed by atoms with Crippen LogP contribution in [0.5, 0.6) is 5.75 Å². The van der Waals surface area contributed by atoms with Gasteiger partial charge in [0.05, 0.1) is 12.8 Å². The Balaban J connectivity index is 0.000000297. The van der Waals surface area contributed by atoms with E-state index in [1.54, 1.807) is 26.3 Å². The molecule has 0 radical (unpaired) electrons. The molecule has 0 aliphatic heterocycles. The van der Waals surface area contributed by atoms with Gasteiger partial charge in [0.25, 0.3) is 5.91 Å². The minimum absolute atomic E-state index is 0.130. The molecule has 0 aliphatic carbocycles. The van der Waals surface area contributed by atoms with Gasteiger partial charge in [-0.3, -0.25) is 9.59 Å². The van der Waals surface area contributed by atoms with Crippen molar-refractivity contribution in [2.24, 2.45) is 5.73 Å². The topological polar surface area (TPSA) is 107 Å². The van der Waals surface area contributed by atoms with E-state index in [0.29, 0.717) is 17.0 Å². The van der Waals surface area contributed by atoms with Crippen LogP contribution in [0.15, 0.2) is 89.4 Å². The second-order valence-electron chi connectivity index (χ2n) is 8.64. The molecular weight excluding hydrogens is 502 g/mol. The lowest BCUT2D eigenvalue weighted by Gasteiger charge is -2.03. The van der Waals surface area contributed by atoms with E-state index in [4.69, 9.17) is 14.9 Å². The van der Waals surface area contributed by atoms with Crippen molar-refractivity contribution in [3.63, 3.8) is 0 Å². The summed E-state index contributed by atoms with van der Waals surface area (Å²) in [5.74, 6) is 0.199. The first-order valence-electron chi connectivity index (χ1n) is 13.3. The maximum absolute atomic E-state index is 11.2. The second kappa shape index (κ2) is 19.7. The van der Waals surface area contributed by atoms with Crippen LogP contribution < -0.4 is 21.1 Å². The highest BCUT2D eigenvalue weighted by Crippen LogP contribution is 2.32. The molecule has 1 heterocycles. The Bertz CT molecular complexity index is 1310. The summed E-state index contributed by atoms with van der Waals surface area (Å²) in [5.41, 5.74) is 9.62. The third kappa shape index (κ3) is 12.0. The number of fused-ring (bicyclic) bond motifs is 1. The molecule has 4 aromatic rings. The van der Waals surface area contributed by atoms with E-state index in [9.17, 15) is 9.59 Å². The van der Waals surface area contributed by atoms with Gasteiger partial charge in [0.1, 0.15) is 17.6 Å². The smallest absolute Gasteiger partial charge is 0.286 e. The lowest BCUT2D eigenvalue weighted by Crippen LogP contribution is -2.13. The zero-order valence-electron chi connectivity index (χ0n) is 24.5.